The lowest BCUT2D eigenvalue weighted by molar-refractivity contribution is -0.384. The van der Waals surface area contributed by atoms with Crippen molar-refractivity contribution in [3.63, 3.8) is 0 Å². The first kappa shape index (κ1) is 25.3. The number of non-ortho nitro benzene ring substituents is 1. The van der Waals surface area contributed by atoms with E-state index in [0.717, 1.165) is 15.8 Å². The van der Waals surface area contributed by atoms with Crippen LogP contribution in [0.2, 0.25) is 5.02 Å². The third kappa shape index (κ3) is 5.21. The molecule has 37 heavy (non-hydrogen) atoms. The molecule has 0 atom stereocenters. The van der Waals surface area contributed by atoms with Crippen LogP contribution in [0.5, 0.6) is 5.75 Å². The fraction of sp³-hybridized carbons (Fsp3) is 0. The van der Waals surface area contributed by atoms with E-state index in [1.165, 1.54) is 24.3 Å². The molecular weight excluding hydrogens is 652 g/mol. The second kappa shape index (κ2) is 10.2. The number of halogens is 3. The number of aliphatic imine (C=N–C) groups is 1. The minimum Gasteiger partial charge on any atom is -0.422 e. The quantitative estimate of drug-likeness (QED) is 0.0718. The van der Waals surface area contributed by atoms with Gasteiger partial charge in [-0.1, -0.05) is 43.5 Å². The number of carbonyl (C=O) groups is 2. The SMILES string of the molecule is O=C1OC(c2sc3cc([N+](=O)[O-])ccc3c2Cl)=N/C1=C/c1cc(Br)ccc1OC(=O)c1ccc(Br)cc1. The average Bonchev–Trinajstić information content (AvgIpc) is 3.39. The molecular formula is C25H11Br2ClN2O6S. The highest BCUT2D eigenvalue weighted by atomic mass is 79.9. The first-order chi connectivity index (χ1) is 17.7. The van der Waals surface area contributed by atoms with Crippen molar-refractivity contribution in [1.29, 1.82) is 0 Å². The Hall–Kier alpha value is -3.38. The monoisotopic (exact) mass is 660 g/mol. The molecule has 0 spiro atoms. The topological polar surface area (TPSA) is 108 Å². The summed E-state index contributed by atoms with van der Waals surface area (Å²) in [6.45, 7) is 0. The lowest BCUT2D eigenvalue weighted by atomic mass is 10.1. The van der Waals surface area contributed by atoms with E-state index >= 15 is 0 Å². The number of ether oxygens (including phenoxy) is 2. The smallest absolute Gasteiger partial charge is 0.363 e. The summed E-state index contributed by atoms with van der Waals surface area (Å²) in [6, 6.07) is 15.9. The normalized spacial score (nSPS) is 14.1. The Morgan fingerprint density at radius 3 is 2.54 bits per heavy atom. The molecule has 2 heterocycles. The summed E-state index contributed by atoms with van der Waals surface area (Å²) in [5.74, 6) is -1.10. The van der Waals surface area contributed by atoms with Gasteiger partial charge in [-0.25, -0.2) is 14.6 Å². The van der Waals surface area contributed by atoms with Gasteiger partial charge in [-0.05, 0) is 54.6 Å². The fourth-order valence-electron chi connectivity index (χ4n) is 3.43. The average molecular weight is 663 g/mol. The Labute approximate surface area is 234 Å². The van der Waals surface area contributed by atoms with Crippen molar-refractivity contribution < 1.29 is 24.0 Å². The van der Waals surface area contributed by atoms with Crippen molar-refractivity contribution >= 4 is 94.5 Å². The molecule has 0 saturated heterocycles. The number of cyclic esters (lactones) is 1. The number of rotatable bonds is 5. The van der Waals surface area contributed by atoms with Crippen LogP contribution in [0.3, 0.4) is 0 Å². The summed E-state index contributed by atoms with van der Waals surface area (Å²) in [5, 5.41) is 12.0. The lowest BCUT2D eigenvalue weighted by Gasteiger charge is -2.08. The number of hydrogen-bond donors (Lipinski definition) is 0. The zero-order valence-corrected chi connectivity index (χ0v) is 23.0. The molecule has 1 aromatic heterocycles. The Morgan fingerprint density at radius 2 is 1.81 bits per heavy atom. The Bertz CT molecular complexity index is 1680. The number of nitro groups is 1. The molecule has 8 nitrogen and oxygen atoms in total. The second-order valence-corrected chi connectivity index (χ2v) is 10.9. The molecule has 12 heteroatoms. The highest BCUT2D eigenvalue weighted by Gasteiger charge is 2.29. The number of fused-ring (bicyclic) bond motifs is 1. The van der Waals surface area contributed by atoms with E-state index in [1.54, 1.807) is 42.5 Å². The highest BCUT2D eigenvalue weighted by molar-refractivity contribution is 9.10. The van der Waals surface area contributed by atoms with Crippen molar-refractivity contribution in [3.8, 4) is 5.75 Å². The Balaban J connectivity index is 1.49. The molecule has 0 aliphatic carbocycles. The molecule has 0 bridgehead atoms. The summed E-state index contributed by atoms with van der Waals surface area (Å²) in [7, 11) is 0. The summed E-state index contributed by atoms with van der Waals surface area (Å²) in [5.41, 5.74) is 0.649. The van der Waals surface area contributed by atoms with Gasteiger partial charge in [0.15, 0.2) is 5.70 Å². The molecule has 5 rings (SSSR count). The van der Waals surface area contributed by atoms with E-state index < -0.39 is 16.9 Å². The van der Waals surface area contributed by atoms with Gasteiger partial charge in [-0.2, -0.15) is 0 Å². The van der Waals surface area contributed by atoms with Gasteiger partial charge in [0, 0.05) is 36.7 Å². The summed E-state index contributed by atoms with van der Waals surface area (Å²) < 4.78 is 13.0. The number of thiophene rings is 1. The lowest BCUT2D eigenvalue weighted by Crippen LogP contribution is -2.09. The maximum atomic E-state index is 12.6. The van der Waals surface area contributed by atoms with Gasteiger partial charge in [-0.15, -0.1) is 11.3 Å². The van der Waals surface area contributed by atoms with E-state index in [9.17, 15) is 19.7 Å². The zero-order chi connectivity index (χ0) is 26.3. The number of benzene rings is 3. The third-order valence-electron chi connectivity index (χ3n) is 5.19. The van der Waals surface area contributed by atoms with Gasteiger partial charge in [-0.3, -0.25) is 10.1 Å². The van der Waals surface area contributed by atoms with Gasteiger partial charge < -0.3 is 9.47 Å². The predicted molar refractivity (Wildman–Crippen MR) is 147 cm³/mol. The third-order valence-corrected chi connectivity index (χ3v) is 7.85. The van der Waals surface area contributed by atoms with E-state index in [-0.39, 0.29) is 28.1 Å². The molecule has 0 unspecified atom stereocenters. The van der Waals surface area contributed by atoms with Crippen LogP contribution in [0.4, 0.5) is 5.69 Å². The maximum Gasteiger partial charge on any atom is 0.363 e. The second-order valence-electron chi connectivity index (χ2n) is 7.60. The molecule has 1 aliphatic heterocycles. The number of carbonyl (C=O) groups excluding carboxylic acids is 2. The van der Waals surface area contributed by atoms with Crippen LogP contribution in [0, 0.1) is 10.1 Å². The maximum absolute atomic E-state index is 12.6. The summed E-state index contributed by atoms with van der Waals surface area (Å²) in [4.78, 5) is 40.6. The van der Waals surface area contributed by atoms with Crippen molar-refractivity contribution in [3.05, 3.63) is 106 Å². The molecule has 3 aromatic carbocycles. The number of esters is 2. The molecule has 0 saturated carbocycles. The summed E-state index contributed by atoms with van der Waals surface area (Å²) in [6.07, 6.45) is 1.44. The Morgan fingerprint density at radius 1 is 1.08 bits per heavy atom. The van der Waals surface area contributed by atoms with Crippen molar-refractivity contribution in [2.75, 3.05) is 0 Å². The fourth-order valence-corrected chi connectivity index (χ4v) is 5.54. The molecule has 184 valence electrons. The zero-order valence-electron chi connectivity index (χ0n) is 18.2. The van der Waals surface area contributed by atoms with Crippen LogP contribution in [-0.2, 0) is 9.53 Å². The van der Waals surface area contributed by atoms with Crippen LogP contribution in [0.1, 0.15) is 20.8 Å². The van der Waals surface area contributed by atoms with E-state index in [0.29, 0.717) is 30.6 Å². The molecule has 0 amide bonds. The summed E-state index contributed by atoms with van der Waals surface area (Å²) >= 11 is 14.3. The first-order valence-corrected chi connectivity index (χ1v) is 13.1. The highest BCUT2D eigenvalue weighted by Crippen LogP contribution is 2.39. The van der Waals surface area contributed by atoms with E-state index in [1.807, 2.05) is 0 Å². The van der Waals surface area contributed by atoms with Crippen LogP contribution >= 0.6 is 54.8 Å². The van der Waals surface area contributed by atoms with Crippen LogP contribution in [0.15, 0.2) is 80.3 Å². The van der Waals surface area contributed by atoms with Crippen molar-refractivity contribution in [2.45, 2.75) is 0 Å². The number of nitro benzene ring substituents is 1. The van der Waals surface area contributed by atoms with Crippen LogP contribution < -0.4 is 4.74 Å². The van der Waals surface area contributed by atoms with Crippen LogP contribution in [-0.4, -0.2) is 22.8 Å². The first-order valence-electron chi connectivity index (χ1n) is 10.4. The van der Waals surface area contributed by atoms with Gasteiger partial charge >= 0.3 is 11.9 Å². The van der Waals surface area contributed by atoms with E-state index in [2.05, 4.69) is 36.9 Å². The molecule has 4 aromatic rings. The predicted octanol–water partition coefficient (Wildman–Crippen LogP) is 7.55. The minimum absolute atomic E-state index is 0.0199. The molecule has 0 fully saturated rings. The molecule has 0 N–H and O–H groups in total. The largest absolute Gasteiger partial charge is 0.422 e. The molecule has 0 radical (unpaired) electrons. The minimum atomic E-state index is -0.723. The standard InChI is InChI=1S/C25H11Br2ClN2O6S/c26-14-3-1-12(2-4-14)24(31)35-19-8-5-15(27)9-13(19)10-18-25(32)36-23(29-18)22-21(28)17-7-6-16(30(33)34)11-20(17)37-22/h1-11H/b18-10+. The Kier molecular flexibility index (Phi) is 6.95. The van der Waals surface area contributed by atoms with Crippen LogP contribution in [0.25, 0.3) is 16.2 Å². The van der Waals surface area contributed by atoms with Gasteiger partial charge in [0.25, 0.3) is 5.69 Å². The van der Waals surface area contributed by atoms with E-state index in [4.69, 9.17) is 21.1 Å². The van der Waals surface area contributed by atoms with Gasteiger partial charge in [0.05, 0.1) is 15.5 Å². The number of nitrogens with zero attached hydrogens (tertiary/aromatic N) is 2. The van der Waals surface area contributed by atoms with Gasteiger partial charge in [0.2, 0.25) is 5.90 Å². The van der Waals surface area contributed by atoms with Gasteiger partial charge in [0.1, 0.15) is 10.6 Å². The van der Waals surface area contributed by atoms with Crippen molar-refractivity contribution in [1.82, 2.24) is 0 Å². The molecule has 1 aliphatic rings. The van der Waals surface area contributed by atoms with Crippen molar-refractivity contribution in [2.24, 2.45) is 4.99 Å². The number of hydrogen-bond acceptors (Lipinski definition) is 8.